The average molecular weight is 508 g/mol. The molecule has 1 aromatic heterocycles. The fourth-order valence-corrected chi connectivity index (χ4v) is 5.53. The number of Topliss-reactive ketones (excluding diaryl/α,β-unsaturated/α-hetero) is 1. The van der Waals surface area contributed by atoms with Gasteiger partial charge in [0.15, 0.2) is 5.78 Å². The van der Waals surface area contributed by atoms with Gasteiger partial charge >= 0.3 is 0 Å². The number of rotatable bonds is 8. The molecule has 8 heteroatoms. The topological polar surface area (TPSA) is 70.6 Å². The van der Waals surface area contributed by atoms with E-state index in [9.17, 15) is 18.8 Å². The number of aromatic nitrogens is 1. The molecular weight excluding hydrogens is 477 g/mol. The van der Waals surface area contributed by atoms with Crippen molar-refractivity contribution in [3.8, 4) is 0 Å². The molecular formula is C28H30FN3O3S. The van der Waals surface area contributed by atoms with E-state index < -0.39 is 6.04 Å². The number of hydrogen-bond donors (Lipinski definition) is 0. The Bertz CT molecular complexity index is 1200. The van der Waals surface area contributed by atoms with Crippen LogP contribution in [0.2, 0.25) is 0 Å². The Morgan fingerprint density at radius 2 is 1.75 bits per heavy atom. The maximum atomic E-state index is 13.2. The minimum Gasteiger partial charge on any atom is -0.342 e. The van der Waals surface area contributed by atoms with Crippen LogP contribution < -0.4 is 0 Å². The Morgan fingerprint density at radius 3 is 2.39 bits per heavy atom. The highest BCUT2D eigenvalue weighted by molar-refractivity contribution is 7.09. The number of halogens is 1. The number of benzene rings is 2. The standard InChI is InChI=1S/C28H30FN3O3S/c1-3-32(19(2)26(34)21-7-5-4-6-8-21)28(35)24-18-36-27(30-24)22-13-15-31(16-14-22)25(33)17-20-9-11-23(29)12-10-20/h4-12,18-19,22H,3,13-17H2,1-2H3. The number of carbonyl (C=O) groups excluding carboxylic acids is 3. The predicted molar refractivity (Wildman–Crippen MR) is 138 cm³/mol. The number of amides is 2. The van der Waals surface area contributed by atoms with Crippen molar-refractivity contribution in [3.63, 3.8) is 0 Å². The molecule has 1 unspecified atom stereocenters. The summed E-state index contributed by atoms with van der Waals surface area (Å²) in [4.78, 5) is 46.8. The summed E-state index contributed by atoms with van der Waals surface area (Å²) in [6, 6.07) is 14.4. The van der Waals surface area contributed by atoms with Crippen LogP contribution in [-0.4, -0.2) is 58.1 Å². The van der Waals surface area contributed by atoms with Crippen molar-refractivity contribution in [2.45, 2.75) is 45.1 Å². The molecule has 0 radical (unpaired) electrons. The SMILES string of the molecule is CCN(C(=O)c1csc(C2CCN(C(=O)Cc3ccc(F)cc3)CC2)n1)C(C)C(=O)c1ccccc1. The van der Waals surface area contributed by atoms with Gasteiger partial charge in [-0.2, -0.15) is 0 Å². The molecule has 1 fully saturated rings. The zero-order valence-corrected chi connectivity index (χ0v) is 21.3. The van der Waals surface area contributed by atoms with Crippen molar-refractivity contribution < 1.29 is 18.8 Å². The lowest BCUT2D eigenvalue weighted by molar-refractivity contribution is -0.131. The highest BCUT2D eigenvalue weighted by atomic mass is 32.1. The molecule has 2 aromatic carbocycles. The lowest BCUT2D eigenvalue weighted by Crippen LogP contribution is -2.43. The van der Waals surface area contributed by atoms with Crippen LogP contribution in [0.25, 0.3) is 0 Å². The van der Waals surface area contributed by atoms with Crippen LogP contribution in [0.5, 0.6) is 0 Å². The van der Waals surface area contributed by atoms with Crippen molar-refractivity contribution in [2.75, 3.05) is 19.6 Å². The molecule has 4 rings (SSSR count). The Hall–Kier alpha value is -3.39. The summed E-state index contributed by atoms with van der Waals surface area (Å²) < 4.78 is 13.1. The van der Waals surface area contributed by atoms with Gasteiger partial charge in [-0.1, -0.05) is 42.5 Å². The predicted octanol–water partition coefficient (Wildman–Crippen LogP) is 4.96. The quantitative estimate of drug-likeness (QED) is 0.404. The maximum absolute atomic E-state index is 13.2. The smallest absolute Gasteiger partial charge is 0.273 e. The number of likely N-dealkylation sites (N-methyl/N-ethyl adjacent to an activating group) is 1. The van der Waals surface area contributed by atoms with E-state index in [-0.39, 0.29) is 35.8 Å². The second-order valence-electron chi connectivity index (χ2n) is 9.03. The lowest BCUT2D eigenvalue weighted by Gasteiger charge is -2.31. The molecule has 1 saturated heterocycles. The normalized spacial score (nSPS) is 14.9. The zero-order valence-electron chi connectivity index (χ0n) is 20.5. The highest BCUT2D eigenvalue weighted by Crippen LogP contribution is 2.31. The molecule has 0 saturated carbocycles. The summed E-state index contributed by atoms with van der Waals surface area (Å²) in [5, 5.41) is 2.66. The molecule has 188 valence electrons. The van der Waals surface area contributed by atoms with Gasteiger partial charge in [-0.05, 0) is 44.4 Å². The van der Waals surface area contributed by atoms with E-state index in [4.69, 9.17) is 0 Å². The monoisotopic (exact) mass is 507 g/mol. The van der Waals surface area contributed by atoms with Crippen molar-refractivity contribution in [1.29, 1.82) is 0 Å². The van der Waals surface area contributed by atoms with E-state index in [1.54, 1.807) is 41.5 Å². The summed E-state index contributed by atoms with van der Waals surface area (Å²) in [6.07, 6.45) is 1.81. The van der Waals surface area contributed by atoms with Crippen LogP contribution in [0.1, 0.15) is 64.0 Å². The molecule has 0 bridgehead atoms. The van der Waals surface area contributed by atoms with Gasteiger partial charge in [-0.25, -0.2) is 9.37 Å². The molecule has 2 heterocycles. The molecule has 0 N–H and O–H groups in total. The number of piperidine rings is 1. The number of nitrogens with zero attached hydrogens (tertiary/aromatic N) is 3. The van der Waals surface area contributed by atoms with Crippen LogP contribution in [-0.2, 0) is 11.2 Å². The number of thiazole rings is 1. The minimum atomic E-state index is -0.592. The number of likely N-dealkylation sites (tertiary alicyclic amines) is 1. The van der Waals surface area contributed by atoms with Gasteiger partial charge in [0.05, 0.1) is 17.5 Å². The van der Waals surface area contributed by atoms with Crippen molar-refractivity contribution in [3.05, 3.63) is 87.6 Å². The Kier molecular flexibility index (Phi) is 8.25. The third-order valence-electron chi connectivity index (χ3n) is 6.71. The molecule has 0 spiro atoms. The van der Waals surface area contributed by atoms with Crippen LogP contribution in [0.15, 0.2) is 60.0 Å². The van der Waals surface area contributed by atoms with E-state index in [0.717, 1.165) is 23.4 Å². The third kappa shape index (κ3) is 5.87. The molecule has 1 aliphatic heterocycles. The van der Waals surface area contributed by atoms with E-state index >= 15 is 0 Å². The van der Waals surface area contributed by atoms with Gasteiger partial charge in [0, 0.05) is 36.5 Å². The van der Waals surface area contributed by atoms with Crippen molar-refractivity contribution in [2.24, 2.45) is 0 Å². The van der Waals surface area contributed by atoms with Gasteiger partial charge in [-0.15, -0.1) is 11.3 Å². The second-order valence-corrected chi connectivity index (χ2v) is 9.92. The van der Waals surface area contributed by atoms with Crippen LogP contribution in [0.4, 0.5) is 4.39 Å². The van der Waals surface area contributed by atoms with Crippen LogP contribution >= 0.6 is 11.3 Å². The highest BCUT2D eigenvalue weighted by Gasteiger charge is 2.30. The molecule has 0 aliphatic carbocycles. The minimum absolute atomic E-state index is 0.0331. The second kappa shape index (κ2) is 11.6. The van der Waals surface area contributed by atoms with Crippen LogP contribution in [0.3, 0.4) is 0 Å². The number of carbonyl (C=O) groups is 3. The molecule has 3 aromatic rings. The first kappa shape index (κ1) is 25.7. The van der Waals surface area contributed by atoms with Crippen LogP contribution in [0, 0.1) is 5.82 Å². The summed E-state index contributed by atoms with van der Waals surface area (Å²) in [5.41, 5.74) is 1.74. The molecule has 1 aliphatic rings. The van der Waals surface area contributed by atoms with E-state index in [1.807, 2.05) is 30.0 Å². The number of ketones is 1. The van der Waals surface area contributed by atoms with Gasteiger partial charge in [0.1, 0.15) is 11.5 Å². The molecule has 6 nitrogen and oxygen atoms in total. The average Bonchev–Trinajstić information content (AvgIpc) is 3.41. The maximum Gasteiger partial charge on any atom is 0.273 e. The molecule has 36 heavy (non-hydrogen) atoms. The third-order valence-corrected chi connectivity index (χ3v) is 7.72. The van der Waals surface area contributed by atoms with Gasteiger partial charge in [0.25, 0.3) is 5.91 Å². The molecule has 1 atom stereocenters. The first-order chi connectivity index (χ1) is 17.4. The van der Waals surface area contributed by atoms with Gasteiger partial charge in [0.2, 0.25) is 5.91 Å². The fraction of sp³-hybridized carbons (Fsp3) is 0.357. The largest absolute Gasteiger partial charge is 0.342 e. The summed E-state index contributed by atoms with van der Waals surface area (Å²) in [7, 11) is 0. The summed E-state index contributed by atoms with van der Waals surface area (Å²) >= 11 is 1.46. The van der Waals surface area contributed by atoms with E-state index in [2.05, 4.69) is 4.98 Å². The Balaban J connectivity index is 1.35. The zero-order chi connectivity index (χ0) is 25.7. The van der Waals surface area contributed by atoms with E-state index in [0.29, 0.717) is 30.9 Å². The number of hydrogen-bond acceptors (Lipinski definition) is 5. The summed E-state index contributed by atoms with van der Waals surface area (Å²) in [5.74, 6) is -0.439. The summed E-state index contributed by atoms with van der Waals surface area (Å²) in [6.45, 7) is 5.26. The fourth-order valence-electron chi connectivity index (χ4n) is 4.56. The van der Waals surface area contributed by atoms with Crippen molar-refractivity contribution >= 4 is 28.9 Å². The van der Waals surface area contributed by atoms with Gasteiger partial charge in [-0.3, -0.25) is 14.4 Å². The molecule has 2 amide bonds. The lowest BCUT2D eigenvalue weighted by atomic mass is 9.97. The Labute approximate surface area is 214 Å². The first-order valence-electron chi connectivity index (χ1n) is 12.2. The van der Waals surface area contributed by atoms with E-state index in [1.165, 1.54) is 23.5 Å². The van der Waals surface area contributed by atoms with Gasteiger partial charge < -0.3 is 9.80 Å². The first-order valence-corrected chi connectivity index (χ1v) is 13.1. The Morgan fingerprint density at radius 1 is 1.08 bits per heavy atom. The van der Waals surface area contributed by atoms with Crippen molar-refractivity contribution in [1.82, 2.24) is 14.8 Å².